The number of hydrogen-bond donors (Lipinski definition) is 1. The molecular weight excluding hydrogens is 568 g/mol. The van der Waals surface area contributed by atoms with Crippen LogP contribution in [0.25, 0.3) is 0 Å². The second-order valence-electron chi connectivity index (χ2n) is 8.03. The van der Waals surface area contributed by atoms with Crippen molar-refractivity contribution in [1.29, 1.82) is 0 Å². The van der Waals surface area contributed by atoms with Crippen molar-refractivity contribution in [2.24, 2.45) is 5.41 Å². The lowest BCUT2D eigenvalue weighted by Crippen LogP contribution is -2.53. The van der Waals surface area contributed by atoms with E-state index in [0.29, 0.717) is 15.6 Å². The minimum Gasteiger partial charge on any atom is -0.512 e. The summed E-state index contributed by atoms with van der Waals surface area (Å²) in [5.41, 5.74) is -0.750. The van der Waals surface area contributed by atoms with Crippen LogP contribution in [0.5, 0.6) is 0 Å². The fourth-order valence-electron chi connectivity index (χ4n) is 4.83. The van der Waals surface area contributed by atoms with E-state index in [0.717, 1.165) is 4.47 Å². The van der Waals surface area contributed by atoms with E-state index in [9.17, 15) is 19.5 Å². The number of Topliss-reactive ketones (excluding diaryl/α,β-unsaturated/α-hetero) is 1. The number of aliphatic hydroxyl groups is 1. The van der Waals surface area contributed by atoms with E-state index in [2.05, 4.69) is 31.9 Å². The molecule has 0 spiro atoms. The van der Waals surface area contributed by atoms with Crippen LogP contribution in [0.3, 0.4) is 0 Å². The molecule has 0 fully saturated rings. The molecule has 1 aliphatic rings. The third-order valence-corrected chi connectivity index (χ3v) is 7.11. The second-order valence-corrected chi connectivity index (χ2v) is 9.86. The minimum absolute atomic E-state index is 0.0503. The first kappa shape index (κ1) is 26.2. The summed E-state index contributed by atoms with van der Waals surface area (Å²) >= 11 is 6.90. The van der Waals surface area contributed by atoms with Crippen molar-refractivity contribution in [3.8, 4) is 0 Å². The molecule has 1 N–H and O–H groups in total. The van der Waals surface area contributed by atoms with Crippen LogP contribution in [-0.4, -0.2) is 36.0 Å². The lowest BCUT2D eigenvalue weighted by Gasteiger charge is -2.46. The zero-order chi connectivity index (χ0) is 25.0. The summed E-state index contributed by atoms with van der Waals surface area (Å²) in [6.07, 6.45) is -0.104. The number of ketones is 1. The number of halogens is 2. The zero-order valence-electron chi connectivity index (χ0n) is 19.1. The first-order valence-corrected chi connectivity index (χ1v) is 12.5. The first-order valence-electron chi connectivity index (χ1n) is 11.0. The Balaban J connectivity index is 2.45. The van der Waals surface area contributed by atoms with Gasteiger partial charge in [0.1, 0.15) is 17.0 Å². The van der Waals surface area contributed by atoms with Crippen LogP contribution in [0.4, 0.5) is 0 Å². The van der Waals surface area contributed by atoms with E-state index in [4.69, 9.17) is 9.47 Å². The molecule has 1 aliphatic carbocycles. The quantitative estimate of drug-likeness (QED) is 0.313. The summed E-state index contributed by atoms with van der Waals surface area (Å²) in [4.78, 5) is 40.6. The van der Waals surface area contributed by atoms with Crippen LogP contribution in [0.1, 0.15) is 50.2 Å². The van der Waals surface area contributed by atoms with Gasteiger partial charge in [0, 0.05) is 27.2 Å². The van der Waals surface area contributed by atoms with Crippen molar-refractivity contribution in [2.45, 2.75) is 39.0 Å². The summed E-state index contributed by atoms with van der Waals surface area (Å²) in [5, 5.41) is 11.2. The predicted octanol–water partition coefficient (Wildman–Crippen LogP) is 6.00. The molecule has 0 radical (unpaired) electrons. The van der Waals surface area contributed by atoms with Crippen LogP contribution >= 0.6 is 31.9 Å². The van der Waals surface area contributed by atoms with E-state index in [1.807, 2.05) is 12.1 Å². The Bertz CT molecular complexity index is 1140. The maximum Gasteiger partial charge on any atom is 0.338 e. The Morgan fingerprint density at radius 2 is 1.53 bits per heavy atom. The molecular formula is C26H26Br2O6. The molecule has 0 saturated carbocycles. The van der Waals surface area contributed by atoms with Crippen LogP contribution in [0, 0.1) is 5.41 Å². The van der Waals surface area contributed by atoms with Gasteiger partial charge in [0.2, 0.25) is 0 Å². The Labute approximate surface area is 215 Å². The highest BCUT2D eigenvalue weighted by atomic mass is 79.9. The molecule has 0 amide bonds. The molecule has 0 aliphatic heterocycles. The van der Waals surface area contributed by atoms with E-state index in [1.165, 1.54) is 6.92 Å². The average molecular weight is 594 g/mol. The predicted molar refractivity (Wildman–Crippen MR) is 134 cm³/mol. The molecule has 3 rings (SSSR count). The number of esters is 2. The number of allylic oxidation sites excluding steroid dienone is 1. The van der Waals surface area contributed by atoms with Gasteiger partial charge in [0.25, 0.3) is 0 Å². The third-order valence-electron chi connectivity index (χ3n) is 6.13. The molecule has 3 atom stereocenters. The SMILES string of the molecule is CCOC(=O)C1=C(O)C[C@@H](c2cccc(Br)c2)[C@](C(C)=O)(C(=O)OCC)C1c1cccc(Br)c1. The maximum absolute atomic E-state index is 13.8. The summed E-state index contributed by atoms with van der Waals surface area (Å²) in [5.74, 6) is -4.11. The van der Waals surface area contributed by atoms with Gasteiger partial charge in [-0.3, -0.25) is 9.59 Å². The summed E-state index contributed by atoms with van der Waals surface area (Å²) in [6.45, 7) is 4.77. The normalized spacial score (nSPS) is 22.3. The van der Waals surface area contributed by atoms with Crippen molar-refractivity contribution in [3.05, 3.63) is 79.9 Å². The number of benzene rings is 2. The van der Waals surface area contributed by atoms with Gasteiger partial charge in [-0.25, -0.2) is 4.79 Å². The number of carbonyl (C=O) groups is 3. The zero-order valence-corrected chi connectivity index (χ0v) is 22.3. The van der Waals surface area contributed by atoms with Crippen molar-refractivity contribution in [2.75, 3.05) is 13.2 Å². The highest BCUT2D eigenvalue weighted by Crippen LogP contribution is 2.58. The van der Waals surface area contributed by atoms with Crippen LogP contribution in [0.15, 0.2) is 68.8 Å². The van der Waals surface area contributed by atoms with E-state index in [-0.39, 0.29) is 31.0 Å². The molecule has 34 heavy (non-hydrogen) atoms. The number of carbonyl (C=O) groups excluding carboxylic acids is 3. The van der Waals surface area contributed by atoms with Gasteiger partial charge in [-0.1, -0.05) is 56.1 Å². The van der Waals surface area contributed by atoms with E-state index < -0.39 is 35.0 Å². The van der Waals surface area contributed by atoms with Crippen molar-refractivity contribution in [3.63, 3.8) is 0 Å². The van der Waals surface area contributed by atoms with E-state index in [1.54, 1.807) is 50.2 Å². The molecule has 1 unspecified atom stereocenters. The number of ether oxygens (including phenoxy) is 2. The lowest BCUT2D eigenvalue weighted by atomic mass is 9.54. The molecule has 2 aromatic rings. The number of hydrogen-bond acceptors (Lipinski definition) is 6. The maximum atomic E-state index is 13.8. The average Bonchev–Trinajstić information content (AvgIpc) is 2.78. The van der Waals surface area contributed by atoms with Gasteiger partial charge in [0.15, 0.2) is 0 Å². The number of rotatable bonds is 7. The molecule has 0 bridgehead atoms. The van der Waals surface area contributed by atoms with Gasteiger partial charge in [0.05, 0.1) is 18.8 Å². The van der Waals surface area contributed by atoms with Gasteiger partial charge in [-0.15, -0.1) is 0 Å². The van der Waals surface area contributed by atoms with Crippen LogP contribution in [0.2, 0.25) is 0 Å². The van der Waals surface area contributed by atoms with Gasteiger partial charge in [-0.05, 0) is 56.2 Å². The highest BCUT2D eigenvalue weighted by Gasteiger charge is 2.62. The topological polar surface area (TPSA) is 89.9 Å². The van der Waals surface area contributed by atoms with Crippen LogP contribution < -0.4 is 0 Å². The summed E-state index contributed by atoms with van der Waals surface area (Å²) in [7, 11) is 0. The number of aliphatic hydroxyl groups excluding tert-OH is 1. The summed E-state index contributed by atoms with van der Waals surface area (Å²) in [6, 6.07) is 14.2. The van der Waals surface area contributed by atoms with Crippen molar-refractivity contribution in [1.82, 2.24) is 0 Å². The largest absolute Gasteiger partial charge is 0.512 e. The third kappa shape index (κ3) is 4.70. The molecule has 180 valence electrons. The minimum atomic E-state index is -1.81. The lowest BCUT2D eigenvalue weighted by molar-refractivity contribution is -0.164. The van der Waals surface area contributed by atoms with Gasteiger partial charge < -0.3 is 14.6 Å². The Morgan fingerprint density at radius 3 is 2.06 bits per heavy atom. The molecule has 2 aromatic carbocycles. The fourth-order valence-corrected chi connectivity index (χ4v) is 5.66. The van der Waals surface area contributed by atoms with E-state index >= 15 is 0 Å². The standard InChI is InChI=1S/C26H26Br2O6/c1-4-33-24(31)22-21(30)14-20(16-8-6-10-18(27)12-16)26(15(3)29,25(32)34-5-2)23(22)17-9-7-11-19(28)13-17/h6-13,20,23,30H,4-5,14H2,1-3H3/t20-,23?,26-/m0/s1. The monoisotopic (exact) mass is 592 g/mol. The van der Waals surface area contributed by atoms with Gasteiger partial charge in [-0.2, -0.15) is 0 Å². The van der Waals surface area contributed by atoms with Crippen molar-refractivity contribution < 1.29 is 29.0 Å². The van der Waals surface area contributed by atoms with Crippen molar-refractivity contribution >= 4 is 49.6 Å². The Hall–Kier alpha value is -2.45. The molecule has 0 aromatic heterocycles. The van der Waals surface area contributed by atoms with Gasteiger partial charge >= 0.3 is 11.9 Å². The Kier molecular flexibility index (Phi) is 8.36. The first-order chi connectivity index (χ1) is 16.2. The summed E-state index contributed by atoms with van der Waals surface area (Å²) < 4.78 is 12.2. The molecule has 0 saturated heterocycles. The fraction of sp³-hybridized carbons (Fsp3) is 0.346. The Morgan fingerprint density at radius 1 is 0.971 bits per heavy atom. The highest BCUT2D eigenvalue weighted by molar-refractivity contribution is 9.10. The van der Waals surface area contributed by atoms with Crippen LogP contribution in [-0.2, 0) is 23.9 Å². The molecule has 8 heteroatoms. The second kappa shape index (κ2) is 10.9. The molecule has 0 heterocycles. The molecule has 6 nitrogen and oxygen atoms in total. The smallest absolute Gasteiger partial charge is 0.338 e.